The van der Waals surface area contributed by atoms with Gasteiger partial charge in [0.1, 0.15) is 0 Å². The molecule has 2 rings (SSSR count). The number of benzene rings is 1. The maximum atomic E-state index is 9.22. The van der Waals surface area contributed by atoms with Gasteiger partial charge in [0.05, 0.1) is 12.3 Å². The average Bonchev–Trinajstić information content (AvgIpc) is 2.48. The molecule has 1 aromatic carbocycles. The van der Waals surface area contributed by atoms with Crippen molar-refractivity contribution in [2.24, 2.45) is 4.99 Å². The Bertz CT molecular complexity index is 587. The zero-order chi connectivity index (χ0) is 14.5. The van der Waals surface area contributed by atoms with E-state index in [1.165, 1.54) is 11.1 Å². The second-order valence-electron chi connectivity index (χ2n) is 5.07. The van der Waals surface area contributed by atoms with Crippen LogP contribution < -0.4 is 0 Å². The lowest BCUT2D eigenvalue weighted by atomic mass is 9.83. The monoisotopic (exact) mass is 267 g/mol. The number of aliphatic hydroxyl groups is 1. The molecule has 104 valence electrons. The molecule has 2 nitrogen and oxygen atoms in total. The van der Waals surface area contributed by atoms with Crippen LogP contribution in [0.4, 0.5) is 5.69 Å². The van der Waals surface area contributed by atoms with Gasteiger partial charge >= 0.3 is 0 Å². The number of hydrogen-bond acceptors (Lipinski definition) is 2. The largest absolute Gasteiger partial charge is 0.392 e. The zero-order valence-corrected chi connectivity index (χ0v) is 12.1. The van der Waals surface area contributed by atoms with Crippen molar-refractivity contribution in [3.05, 3.63) is 65.3 Å². The van der Waals surface area contributed by atoms with E-state index in [4.69, 9.17) is 0 Å². The molecule has 0 spiro atoms. The summed E-state index contributed by atoms with van der Waals surface area (Å²) in [6.45, 7) is 8.39. The van der Waals surface area contributed by atoms with Crippen molar-refractivity contribution in [2.45, 2.75) is 26.2 Å². The van der Waals surface area contributed by atoms with Crippen LogP contribution in [-0.4, -0.2) is 17.9 Å². The van der Waals surface area contributed by atoms with Gasteiger partial charge in [-0.1, -0.05) is 49.4 Å². The van der Waals surface area contributed by atoms with Gasteiger partial charge in [-0.3, -0.25) is 4.99 Å². The molecular weight excluding hydrogens is 246 g/mol. The first kappa shape index (κ1) is 14.5. The van der Waals surface area contributed by atoms with Crippen molar-refractivity contribution in [1.82, 2.24) is 0 Å². The molecule has 0 fully saturated rings. The maximum Gasteiger partial charge on any atom is 0.0671 e. The highest BCUT2D eigenvalue weighted by atomic mass is 16.3. The smallest absolute Gasteiger partial charge is 0.0671 e. The number of fused-ring (bicyclic) bond motifs is 1. The highest BCUT2D eigenvalue weighted by Crippen LogP contribution is 2.39. The Morgan fingerprint density at radius 3 is 2.80 bits per heavy atom. The Balaban J connectivity index is 2.36. The van der Waals surface area contributed by atoms with Crippen molar-refractivity contribution >= 4 is 11.9 Å². The molecule has 1 aliphatic rings. The van der Waals surface area contributed by atoms with Gasteiger partial charge in [0.25, 0.3) is 0 Å². The summed E-state index contributed by atoms with van der Waals surface area (Å²) in [6, 6.07) is 8.17. The number of rotatable bonds is 4. The van der Waals surface area contributed by atoms with Gasteiger partial charge in [-0.25, -0.2) is 0 Å². The molecular formula is C18H21NO. The van der Waals surface area contributed by atoms with Crippen LogP contribution >= 0.6 is 0 Å². The third-order valence-corrected chi connectivity index (χ3v) is 3.68. The number of aliphatic hydroxyl groups excluding tert-OH is 1. The first-order valence-electron chi connectivity index (χ1n) is 6.96. The molecule has 1 atom stereocenters. The predicted molar refractivity (Wildman–Crippen MR) is 85.7 cm³/mol. The topological polar surface area (TPSA) is 32.6 Å². The Kier molecular flexibility index (Phi) is 4.70. The number of hydrogen-bond donors (Lipinski definition) is 1. The number of allylic oxidation sites excluding steroid dienone is 4. The van der Waals surface area contributed by atoms with E-state index in [0.29, 0.717) is 0 Å². The van der Waals surface area contributed by atoms with Gasteiger partial charge in [-0.2, -0.15) is 0 Å². The van der Waals surface area contributed by atoms with Crippen molar-refractivity contribution in [2.75, 3.05) is 6.61 Å². The minimum atomic E-state index is 0.115. The van der Waals surface area contributed by atoms with E-state index < -0.39 is 0 Å². The van der Waals surface area contributed by atoms with Crippen LogP contribution in [0.25, 0.3) is 0 Å². The second kappa shape index (κ2) is 6.49. The molecule has 0 saturated carbocycles. The minimum Gasteiger partial charge on any atom is -0.392 e. The number of aliphatic imine (C=N–C) groups is 1. The average molecular weight is 267 g/mol. The van der Waals surface area contributed by atoms with E-state index in [9.17, 15) is 5.11 Å². The molecule has 0 amide bonds. The quantitative estimate of drug-likeness (QED) is 0.810. The number of nitrogens with zero attached hydrogens (tertiary/aromatic N) is 1. The molecule has 1 heterocycles. The summed E-state index contributed by atoms with van der Waals surface area (Å²) in [4.78, 5) is 4.43. The van der Waals surface area contributed by atoms with Crippen molar-refractivity contribution in [1.29, 1.82) is 0 Å². The fraction of sp³-hybridized carbons (Fsp3) is 0.278. The molecule has 1 N–H and O–H groups in total. The van der Waals surface area contributed by atoms with Crippen LogP contribution in [0.1, 0.15) is 31.7 Å². The summed E-state index contributed by atoms with van der Waals surface area (Å²) in [6.07, 6.45) is 6.81. The molecule has 20 heavy (non-hydrogen) atoms. The third kappa shape index (κ3) is 2.97. The Morgan fingerprint density at radius 1 is 1.35 bits per heavy atom. The fourth-order valence-electron chi connectivity index (χ4n) is 2.44. The second-order valence-corrected chi connectivity index (χ2v) is 5.07. The number of para-hydroxylation sites is 1. The normalized spacial score (nSPS) is 19.1. The standard InChI is InChI=1S/C18H21NO/c1-4-15(12-20)10-9-13(2)18-14(3)11-19-17-8-6-5-7-16(17)18/h5-11,18,20H,3-4,12H2,1-2H3. The van der Waals surface area contributed by atoms with Crippen LogP contribution in [0.5, 0.6) is 0 Å². The van der Waals surface area contributed by atoms with Gasteiger partial charge in [-0.05, 0) is 36.1 Å². The van der Waals surface area contributed by atoms with Crippen LogP contribution in [-0.2, 0) is 0 Å². The molecule has 0 saturated heterocycles. The van der Waals surface area contributed by atoms with Crippen molar-refractivity contribution < 1.29 is 5.11 Å². The van der Waals surface area contributed by atoms with Crippen molar-refractivity contribution in [3.8, 4) is 0 Å². The van der Waals surface area contributed by atoms with Gasteiger partial charge < -0.3 is 5.11 Å². The van der Waals surface area contributed by atoms with E-state index in [2.05, 4.69) is 30.6 Å². The van der Waals surface area contributed by atoms with Gasteiger partial charge in [0.2, 0.25) is 0 Å². The lowest BCUT2D eigenvalue weighted by Gasteiger charge is -2.23. The van der Waals surface area contributed by atoms with E-state index >= 15 is 0 Å². The van der Waals surface area contributed by atoms with Crippen LogP contribution in [0, 0.1) is 0 Å². The van der Waals surface area contributed by atoms with Crippen molar-refractivity contribution in [3.63, 3.8) is 0 Å². The summed E-state index contributed by atoms with van der Waals surface area (Å²) in [5, 5.41) is 9.22. The lowest BCUT2D eigenvalue weighted by molar-refractivity contribution is 0.327. The molecule has 1 aromatic rings. The van der Waals surface area contributed by atoms with Gasteiger partial charge in [-0.15, -0.1) is 0 Å². The Hall–Kier alpha value is -1.93. The van der Waals surface area contributed by atoms with E-state index in [0.717, 1.165) is 23.3 Å². The van der Waals surface area contributed by atoms with Gasteiger partial charge in [0.15, 0.2) is 0 Å². The predicted octanol–water partition coefficient (Wildman–Crippen LogP) is 4.32. The summed E-state index contributed by atoms with van der Waals surface area (Å²) < 4.78 is 0. The SMILES string of the molecule is C=C1C=Nc2ccccc2C1C(C)=CC=C(CC)CO. The maximum absolute atomic E-state index is 9.22. The van der Waals surface area contributed by atoms with Crippen LogP contribution in [0.3, 0.4) is 0 Å². The first-order valence-corrected chi connectivity index (χ1v) is 6.96. The molecule has 1 unspecified atom stereocenters. The minimum absolute atomic E-state index is 0.115. The summed E-state index contributed by atoms with van der Waals surface area (Å²) >= 11 is 0. The summed E-state index contributed by atoms with van der Waals surface area (Å²) in [7, 11) is 0. The van der Waals surface area contributed by atoms with Crippen LogP contribution in [0.15, 0.2) is 64.7 Å². The molecule has 2 heteroatoms. The molecule has 1 aliphatic heterocycles. The lowest BCUT2D eigenvalue weighted by Crippen LogP contribution is -2.08. The summed E-state index contributed by atoms with van der Waals surface area (Å²) in [5.74, 6) is 0.178. The molecule has 0 bridgehead atoms. The third-order valence-electron chi connectivity index (χ3n) is 3.68. The highest BCUT2D eigenvalue weighted by Gasteiger charge is 2.21. The zero-order valence-electron chi connectivity index (χ0n) is 12.1. The Labute approximate surface area is 120 Å². The molecule has 0 aromatic heterocycles. The van der Waals surface area contributed by atoms with Gasteiger partial charge in [0, 0.05) is 12.1 Å². The van der Waals surface area contributed by atoms with Crippen LogP contribution in [0.2, 0.25) is 0 Å². The van der Waals surface area contributed by atoms with E-state index in [1.807, 2.05) is 37.4 Å². The van der Waals surface area contributed by atoms with E-state index in [1.54, 1.807) is 0 Å². The molecule has 0 aliphatic carbocycles. The summed E-state index contributed by atoms with van der Waals surface area (Å²) in [5.41, 5.74) is 5.47. The van der Waals surface area contributed by atoms with E-state index in [-0.39, 0.29) is 12.5 Å². The Morgan fingerprint density at radius 2 is 2.10 bits per heavy atom. The first-order chi connectivity index (χ1) is 9.67. The molecule has 0 radical (unpaired) electrons. The fourth-order valence-corrected chi connectivity index (χ4v) is 2.44. The highest BCUT2D eigenvalue weighted by molar-refractivity contribution is 5.87.